The van der Waals surface area contributed by atoms with Gasteiger partial charge < -0.3 is 10.1 Å². The van der Waals surface area contributed by atoms with Crippen LogP contribution in [0.25, 0.3) is 0 Å². The maximum atomic E-state index is 13.1. The number of pyridine rings is 1. The van der Waals surface area contributed by atoms with Crippen molar-refractivity contribution in [2.24, 2.45) is 0 Å². The Kier molecular flexibility index (Phi) is 4.84. The van der Waals surface area contributed by atoms with Crippen LogP contribution in [-0.4, -0.2) is 23.3 Å². The van der Waals surface area contributed by atoms with Gasteiger partial charge in [0.2, 0.25) is 0 Å². The number of carbonyl (C=O) groups is 1. The minimum atomic E-state index is -0.792. The molecule has 0 amide bonds. The van der Waals surface area contributed by atoms with Crippen LogP contribution < -0.4 is 0 Å². The number of nitrogens with zero attached hydrogens (tertiary/aromatic N) is 1. The van der Waals surface area contributed by atoms with Crippen LogP contribution in [0.3, 0.4) is 0 Å². The highest BCUT2D eigenvalue weighted by Crippen LogP contribution is 2.21. The highest BCUT2D eigenvalue weighted by Gasteiger charge is 2.16. The Bertz CT molecular complexity index is 466. The Morgan fingerprint density at radius 2 is 2.18 bits per heavy atom. The van der Waals surface area contributed by atoms with Gasteiger partial charge in [0, 0.05) is 5.56 Å². The molecule has 1 rings (SSSR count). The standard InChI is InChI=1S/C10H9Cl2FN2O2/c1-2-17-8(16)4-7(14)5-3-6(13)10(12)15-9(5)11/h3,14H,2,4H2,1H3. The van der Waals surface area contributed by atoms with Crippen molar-refractivity contribution < 1.29 is 13.9 Å². The van der Waals surface area contributed by atoms with Crippen LogP contribution in [0.15, 0.2) is 6.07 Å². The maximum absolute atomic E-state index is 13.1. The molecule has 0 atom stereocenters. The first-order chi connectivity index (χ1) is 7.95. The van der Waals surface area contributed by atoms with Gasteiger partial charge in [0.1, 0.15) is 5.15 Å². The summed E-state index contributed by atoms with van der Waals surface area (Å²) in [6, 6.07) is 0.971. The summed E-state index contributed by atoms with van der Waals surface area (Å²) >= 11 is 11.1. The molecular formula is C10H9Cl2FN2O2. The fourth-order valence-electron chi connectivity index (χ4n) is 1.11. The van der Waals surface area contributed by atoms with Crippen LogP contribution in [0.2, 0.25) is 10.3 Å². The fraction of sp³-hybridized carbons (Fsp3) is 0.300. The average Bonchev–Trinajstić information content (AvgIpc) is 2.23. The minimum absolute atomic E-state index is 0.0293. The molecule has 1 heterocycles. The second-order valence-corrected chi connectivity index (χ2v) is 3.78. The summed E-state index contributed by atoms with van der Waals surface area (Å²) in [5.41, 5.74) is -0.141. The van der Waals surface area contributed by atoms with E-state index in [1.165, 1.54) is 0 Å². The van der Waals surface area contributed by atoms with Crippen molar-refractivity contribution in [1.82, 2.24) is 4.98 Å². The van der Waals surface area contributed by atoms with E-state index >= 15 is 0 Å². The predicted molar refractivity (Wildman–Crippen MR) is 62.3 cm³/mol. The van der Waals surface area contributed by atoms with E-state index < -0.39 is 11.8 Å². The molecule has 17 heavy (non-hydrogen) atoms. The lowest BCUT2D eigenvalue weighted by Gasteiger charge is -2.06. The normalized spacial score (nSPS) is 10.1. The molecule has 0 fully saturated rings. The number of rotatable bonds is 4. The molecule has 1 aromatic heterocycles. The van der Waals surface area contributed by atoms with Crippen molar-refractivity contribution in [3.63, 3.8) is 0 Å². The zero-order chi connectivity index (χ0) is 13.0. The van der Waals surface area contributed by atoms with E-state index in [1.54, 1.807) is 6.92 Å². The number of halogens is 3. The van der Waals surface area contributed by atoms with E-state index in [-0.39, 0.29) is 34.6 Å². The fourth-order valence-corrected chi connectivity index (χ4v) is 1.54. The lowest BCUT2D eigenvalue weighted by Crippen LogP contribution is -2.12. The van der Waals surface area contributed by atoms with Gasteiger partial charge in [0.05, 0.1) is 18.7 Å². The van der Waals surface area contributed by atoms with E-state index in [4.69, 9.17) is 28.6 Å². The van der Waals surface area contributed by atoms with Gasteiger partial charge in [-0.2, -0.15) is 0 Å². The number of hydrogen-bond acceptors (Lipinski definition) is 4. The van der Waals surface area contributed by atoms with Gasteiger partial charge in [0.25, 0.3) is 0 Å². The molecule has 0 aromatic carbocycles. The lowest BCUT2D eigenvalue weighted by molar-refractivity contribution is -0.141. The number of nitrogens with one attached hydrogen (secondary N) is 1. The largest absolute Gasteiger partial charge is 0.466 e. The summed E-state index contributed by atoms with van der Waals surface area (Å²) in [7, 11) is 0. The van der Waals surface area contributed by atoms with Crippen LogP contribution in [0.5, 0.6) is 0 Å². The zero-order valence-electron chi connectivity index (χ0n) is 8.89. The van der Waals surface area contributed by atoms with Crippen LogP contribution in [0, 0.1) is 11.2 Å². The van der Waals surface area contributed by atoms with Crippen molar-refractivity contribution in [1.29, 1.82) is 5.41 Å². The van der Waals surface area contributed by atoms with Gasteiger partial charge in [-0.15, -0.1) is 0 Å². The molecule has 7 heteroatoms. The van der Waals surface area contributed by atoms with Crippen LogP contribution in [0.4, 0.5) is 4.39 Å². The van der Waals surface area contributed by atoms with Crippen LogP contribution in [0.1, 0.15) is 18.9 Å². The van der Waals surface area contributed by atoms with E-state index in [0.29, 0.717) is 0 Å². The van der Waals surface area contributed by atoms with Crippen molar-refractivity contribution >= 4 is 34.9 Å². The SMILES string of the molecule is CCOC(=O)CC(=N)c1cc(F)c(Cl)nc1Cl. The molecule has 0 saturated carbocycles. The number of carbonyl (C=O) groups excluding carboxylic acids is 1. The molecule has 0 spiro atoms. The van der Waals surface area contributed by atoms with Crippen LogP contribution in [-0.2, 0) is 9.53 Å². The predicted octanol–water partition coefficient (Wildman–Crippen LogP) is 2.85. The summed E-state index contributed by atoms with van der Waals surface area (Å²) in [4.78, 5) is 14.7. The first-order valence-electron chi connectivity index (χ1n) is 4.70. The van der Waals surface area contributed by atoms with E-state index in [9.17, 15) is 9.18 Å². The summed E-state index contributed by atoms with van der Waals surface area (Å²) in [5, 5.41) is 7.12. The minimum Gasteiger partial charge on any atom is -0.466 e. The molecule has 0 aliphatic carbocycles. The quantitative estimate of drug-likeness (QED) is 0.523. The van der Waals surface area contributed by atoms with E-state index in [2.05, 4.69) is 9.72 Å². The second kappa shape index (κ2) is 5.93. The number of ether oxygens (including phenoxy) is 1. The van der Waals surface area contributed by atoms with Gasteiger partial charge in [-0.1, -0.05) is 23.2 Å². The summed E-state index contributed by atoms with van der Waals surface area (Å²) in [5.74, 6) is -1.37. The molecule has 92 valence electrons. The molecule has 0 saturated heterocycles. The lowest BCUT2D eigenvalue weighted by atomic mass is 10.1. The van der Waals surface area contributed by atoms with Gasteiger partial charge in [-0.05, 0) is 13.0 Å². The Labute approximate surface area is 107 Å². The number of esters is 1. The molecule has 0 radical (unpaired) electrons. The first-order valence-corrected chi connectivity index (χ1v) is 5.46. The number of hydrogen-bond donors (Lipinski definition) is 1. The zero-order valence-corrected chi connectivity index (χ0v) is 10.4. The topological polar surface area (TPSA) is 63.0 Å². The molecule has 4 nitrogen and oxygen atoms in total. The van der Waals surface area contributed by atoms with Gasteiger partial charge in [-0.25, -0.2) is 9.37 Å². The van der Waals surface area contributed by atoms with E-state index in [1.807, 2.05) is 0 Å². The number of aromatic nitrogens is 1. The van der Waals surface area contributed by atoms with Crippen molar-refractivity contribution in [2.45, 2.75) is 13.3 Å². The third-order valence-electron chi connectivity index (χ3n) is 1.84. The second-order valence-electron chi connectivity index (χ2n) is 3.06. The average molecular weight is 279 g/mol. The monoisotopic (exact) mass is 278 g/mol. The smallest absolute Gasteiger partial charge is 0.311 e. The highest BCUT2D eigenvalue weighted by atomic mass is 35.5. The summed E-state index contributed by atoms with van der Waals surface area (Å²) in [6.45, 7) is 1.87. The highest BCUT2D eigenvalue weighted by molar-refractivity contribution is 6.35. The molecule has 1 N–H and O–H groups in total. The Morgan fingerprint density at radius 3 is 2.76 bits per heavy atom. The molecule has 0 bridgehead atoms. The Hall–Kier alpha value is -1.20. The van der Waals surface area contributed by atoms with Gasteiger partial charge in [0.15, 0.2) is 11.0 Å². The van der Waals surface area contributed by atoms with E-state index in [0.717, 1.165) is 6.07 Å². The first kappa shape index (κ1) is 13.9. The maximum Gasteiger partial charge on any atom is 0.311 e. The molecule has 0 unspecified atom stereocenters. The van der Waals surface area contributed by atoms with Crippen molar-refractivity contribution in [3.8, 4) is 0 Å². The summed E-state index contributed by atoms with van der Waals surface area (Å²) in [6.07, 6.45) is -0.295. The Balaban J connectivity index is 2.89. The Morgan fingerprint density at radius 1 is 1.53 bits per heavy atom. The molecule has 1 aromatic rings. The third kappa shape index (κ3) is 3.64. The summed E-state index contributed by atoms with van der Waals surface area (Å²) < 4.78 is 17.8. The van der Waals surface area contributed by atoms with Gasteiger partial charge >= 0.3 is 5.97 Å². The molecule has 0 aliphatic rings. The third-order valence-corrected chi connectivity index (χ3v) is 2.39. The van der Waals surface area contributed by atoms with Crippen LogP contribution >= 0.6 is 23.2 Å². The van der Waals surface area contributed by atoms with Crippen molar-refractivity contribution in [2.75, 3.05) is 6.61 Å². The molecular weight excluding hydrogens is 270 g/mol. The molecule has 0 aliphatic heterocycles. The van der Waals surface area contributed by atoms with Crippen molar-refractivity contribution in [3.05, 3.63) is 27.8 Å². The van der Waals surface area contributed by atoms with Gasteiger partial charge in [-0.3, -0.25) is 4.79 Å².